The fourth-order valence-corrected chi connectivity index (χ4v) is 8.73. The normalized spacial score (nSPS) is 14.3. The topological polar surface area (TPSA) is 105 Å². The molecule has 0 saturated carbocycles. The molecular weight excluding hydrogens is 816 g/mol. The van der Waals surface area contributed by atoms with Crippen molar-refractivity contribution < 1.29 is 32.9 Å². The molecule has 378 valence electrons. The number of hydrogen-bond acceptors (Lipinski definition) is 5. The zero-order valence-corrected chi connectivity index (χ0v) is 43.9. The lowest BCUT2D eigenvalue weighted by Crippen LogP contribution is -2.45. The Bertz CT molecular complexity index is 1140. The minimum Gasteiger partial charge on any atom is -0.387 e. The van der Waals surface area contributed by atoms with E-state index in [1.54, 1.807) is 6.08 Å². The van der Waals surface area contributed by atoms with Crippen molar-refractivity contribution in [2.45, 2.75) is 270 Å². The Hall–Kier alpha value is -1.28. The highest BCUT2D eigenvalue weighted by molar-refractivity contribution is 7.47. The van der Waals surface area contributed by atoms with E-state index in [9.17, 15) is 19.4 Å². The first kappa shape index (κ1) is 62.7. The molecule has 0 heterocycles. The lowest BCUT2D eigenvalue weighted by Gasteiger charge is -2.25. The van der Waals surface area contributed by atoms with Gasteiger partial charge in [-0.25, -0.2) is 4.57 Å². The van der Waals surface area contributed by atoms with E-state index in [1.807, 2.05) is 27.2 Å². The van der Waals surface area contributed by atoms with Gasteiger partial charge >= 0.3 is 7.82 Å². The fraction of sp³-hybridized carbons (Fsp3) is 0.873. The number of phosphoric acid groups is 1. The number of carbonyl (C=O) groups is 1. The molecule has 0 aliphatic carbocycles. The number of nitrogens with one attached hydrogen (secondary N) is 1. The Morgan fingerprint density at radius 2 is 0.859 bits per heavy atom. The molecule has 3 atom stereocenters. The number of amides is 1. The van der Waals surface area contributed by atoms with E-state index in [2.05, 4.69) is 43.5 Å². The van der Waals surface area contributed by atoms with E-state index in [1.165, 1.54) is 199 Å². The van der Waals surface area contributed by atoms with Crippen molar-refractivity contribution in [2.24, 2.45) is 0 Å². The van der Waals surface area contributed by atoms with Crippen LogP contribution in [0.2, 0.25) is 0 Å². The molecule has 0 aromatic carbocycles. The van der Waals surface area contributed by atoms with Crippen LogP contribution in [0.25, 0.3) is 0 Å². The van der Waals surface area contributed by atoms with E-state index in [0.29, 0.717) is 17.4 Å². The summed E-state index contributed by atoms with van der Waals surface area (Å²) in [6.07, 6.45) is 59.6. The van der Waals surface area contributed by atoms with Crippen LogP contribution in [0.3, 0.4) is 0 Å². The maximum atomic E-state index is 12.9. The summed E-state index contributed by atoms with van der Waals surface area (Å²) in [5, 5.41) is 13.9. The molecule has 1 amide bonds. The van der Waals surface area contributed by atoms with Gasteiger partial charge in [0, 0.05) is 6.42 Å². The van der Waals surface area contributed by atoms with Crippen LogP contribution in [-0.4, -0.2) is 73.4 Å². The molecule has 0 aliphatic heterocycles. The highest BCUT2D eigenvalue weighted by Crippen LogP contribution is 2.43. The number of allylic oxidation sites excluding steroid dienone is 5. The third kappa shape index (κ3) is 48.6. The summed E-state index contributed by atoms with van der Waals surface area (Å²) in [5.41, 5.74) is 0. The number of quaternary nitrogens is 1. The Morgan fingerprint density at radius 1 is 0.516 bits per heavy atom. The Morgan fingerprint density at radius 3 is 1.25 bits per heavy atom. The first-order valence-electron chi connectivity index (χ1n) is 27.4. The van der Waals surface area contributed by atoms with E-state index in [4.69, 9.17) is 9.05 Å². The van der Waals surface area contributed by atoms with Gasteiger partial charge in [0.1, 0.15) is 13.2 Å². The molecule has 64 heavy (non-hydrogen) atoms. The molecule has 8 nitrogen and oxygen atoms in total. The van der Waals surface area contributed by atoms with Crippen LogP contribution in [-0.2, 0) is 18.4 Å². The molecule has 0 fully saturated rings. The SMILES string of the molecule is CCCCCCCCCCCC/C=C/CC/C=C/C(O)C(COP(=O)(O)OCC[N+](C)(C)C)NC(=O)CCCCCCCCCCCC/C=C\CCCCCCCCCCCCCC. The van der Waals surface area contributed by atoms with Crippen LogP contribution >= 0.6 is 7.82 Å². The lowest BCUT2D eigenvalue weighted by molar-refractivity contribution is -0.870. The molecule has 0 spiro atoms. The smallest absolute Gasteiger partial charge is 0.387 e. The second-order valence-corrected chi connectivity index (χ2v) is 21.4. The Balaban J connectivity index is 4.22. The van der Waals surface area contributed by atoms with Gasteiger partial charge in [-0.2, -0.15) is 0 Å². The Kier molecular flexibility index (Phi) is 45.9. The van der Waals surface area contributed by atoms with Crippen molar-refractivity contribution in [1.82, 2.24) is 5.32 Å². The molecule has 9 heteroatoms. The predicted molar refractivity (Wildman–Crippen MR) is 277 cm³/mol. The number of rotatable bonds is 50. The van der Waals surface area contributed by atoms with E-state index >= 15 is 0 Å². The summed E-state index contributed by atoms with van der Waals surface area (Å²) < 4.78 is 23.6. The van der Waals surface area contributed by atoms with Crippen molar-refractivity contribution in [3.63, 3.8) is 0 Å². The number of unbranched alkanes of at least 4 members (excludes halogenated alkanes) is 33. The molecule has 0 saturated heterocycles. The van der Waals surface area contributed by atoms with Crippen LogP contribution in [0.15, 0.2) is 36.5 Å². The predicted octanol–water partition coefficient (Wildman–Crippen LogP) is 16.2. The van der Waals surface area contributed by atoms with E-state index in [-0.39, 0.29) is 19.1 Å². The average Bonchev–Trinajstić information content (AvgIpc) is 3.25. The number of carbonyl (C=O) groups excluding carboxylic acids is 1. The highest BCUT2D eigenvalue weighted by atomic mass is 31.2. The molecule has 0 radical (unpaired) electrons. The summed E-state index contributed by atoms with van der Waals surface area (Å²) in [4.78, 5) is 23.2. The number of phosphoric ester groups is 1. The molecule has 0 aromatic heterocycles. The van der Waals surface area contributed by atoms with Crippen molar-refractivity contribution in [2.75, 3.05) is 40.9 Å². The standard InChI is InChI=1S/C55H107N2O6P/c1-6-8-10-12-14-16-18-20-22-24-25-26-27-28-29-30-31-32-33-35-37-39-41-43-45-47-49-55(59)56-53(52-63-64(60,61)62-51-50-57(3,4)5)54(58)48-46-44-42-40-38-36-34-23-21-19-17-15-13-11-9-7-2/h28-29,38,40,46,48,53-54,58H,6-27,30-37,39,41-45,47,49-52H2,1-5H3,(H-,56,59,60,61)/p+1/b29-28-,40-38+,48-46+. The second-order valence-electron chi connectivity index (χ2n) is 19.9. The lowest BCUT2D eigenvalue weighted by atomic mass is 10.0. The van der Waals surface area contributed by atoms with E-state index in [0.717, 1.165) is 38.5 Å². The zero-order chi connectivity index (χ0) is 47.1. The van der Waals surface area contributed by atoms with Gasteiger partial charge in [-0.15, -0.1) is 0 Å². The minimum atomic E-state index is -4.35. The van der Waals surface area contributed by atoms with Crippen LogP contribution in [0.4, 0.5) is 0 Å². The van der Waals surface area contributed by atoms with Crippen molar-refractivity contribution >= 4 is 13.7 Å². The molecule has 0 aromatic rings. The van der Waals surface area contributed by atoms with Gasteiger partial charge in [-0.3, -0.25) is 13.8 Å². The summed E-state index contributed by atoms with van der Waals surface area (Å²) in [7, 11) is 1.56. The van der Waals surface area contributed by atoms with Crippen LogP contribution in [0.5, 0.6) is 0 Å². The van der Waals surface area contributed by atoms with Gasteiger partial charge in [-0.05, 0) is 57.8 Å². The number of likely N-dealkylation sites (N-methyl/N-ethyl adjacent to an activating group) is 1. The van der Waals surface area contributed by atoms with Crippen LogP contribution in [0.1, 0.15) is 258 Å². The van der Waals surface area contributed by atoms with Crippen LogP contribution in [0, 0.1) is 0 Å². The van der Waals surface area contributed by atoms with Gasteiger partial charge in [0.15, 0.2) is 0 Å². The molecule has 0 bridgehead atoms. The highest BCUT2D eigenvalue weighted by Gasteiger charge is 2.27. The molecule has 0 aliphatic rings. The average molecular weight is 924 g/mol. The van der Waals surface area contributed by atoms with Crippen molar-refractivity contribution in [3.05, 3.63) is 36.5 Å². The maximum Gasteiger partial charge on any atom is 0.472 e. The zero-order valence-electron chi connectivity index (χ0n) is 43.0. The van der Waals surface area contributed by atoms with Gasteiger partial charge in [-0.1, -0.05) is 230 Å². The number of hydrogen-bond donors (Lipinski definition) is 3. The second kappa shape index (κ2) is 46.8. The first-order valence-corrected chi connectivity index (χ1v) is 28.9. The van der Waals surface area contributed by atoms with E-state index < -0.39 is 20.0 Å². The van der Waals surface area contributed by atoms with Gasteiger partial charge in [0.25, 0.3) is 0 Å². The number of aliphatic hydroxyl groups is 1. The minimum absolute atomic E-state index is 0.0564. The monoisotopic (exact) mass is 924 g/mol. The van der Waals surface area contributed by atoms with Gasteiger partial charge in [0.05, 0.1) is 39.9 Å². The summed E-state index contributed by atoms with van der Waals surface area (Å²) in [6, 6.07) is -0.863. The number of aliphatic hydroxyl groups excluding tert-OH is 1. The molecule has 0 rings (SSSR count). The number of nitrogens with zero attached hydrogens (tertiary/aromatic N) is 1. The fourth-order valence-electron chi connectivity index (χ4n) is 7.99. The molecule has 3 unspecified atom stereocenters. The van der Waals surface area contributed by atoms with Gasteiger partial charge in [0.2, 0.25) is 5.91 Å². The van der Waals surface area contributed by atoms with Crippen molar-refractivity contribution in [3.8, 4) is 0 Å². The quantitative estimate of drug-likeness (QED) is 0.0243. The summed E-state index contributed by atoms with van der Waals surface area (Å²) >= 11 is 0. The summed E-state index contributed by atoms with van der Waals surface area (Å²) in [6.45, 7) is 4.81. The summed E-state index contributed by atoms with van der Waals surface area (Å²) in [5.74, 6) is -0.186. The van der Waals surface area contributed by atoms with Crippen LogP contribution < -0.4 is 5.32 Å². The third-order valence-corrected chi connectivity index (χ3v) is 13.3. The largest absolute Gasteiger partial charge is 0.472 e. The third-order valence-electron chi connectivity index (χ3n) is 12.3. The maximum absolute atomic E-state index is 12.9. The Labute approximate surface area is 397 Å². The van der Waals surface area contributed by atoms with Crippen molar-refractivity contribution in [1.29, 1.82) is 0 Å². The molecule has 3 N–H and O–H groups in total. The molecular formula is C55H108N2O6P+. The first-order chi connectivity index (χ1) is 31.0. The van der Waals surface area contributed by atoms with Gasteiger partial charge < -0.3 is 19.8 Å².